The molecule has 1 unspecified atom stereocenters. The molecule has 0 aliphatic carbocycles. The largest absolute Gasteiger partial charge is 0.338 e. The van der Waals surface area contributed by atoms with Gasteiger partial charge in [-0.3, -0.25) is 9.78 Å². The average Bonchev–Trinajstić information content (AvgIpc) is 2.76. The van der Waals surface area contributed by atoms with Crippen LogP contribution in [0.25, 0.3) is 0 Å². The van der Waals surface area contributed by atoms with Crippen LogP contribution in [0.2, 0.25) is 0 Å². The van der Waals surface area contributed by atoms with Crippen molar-refractivity contribution in [3.8, 4) is 0 Å². The molecule has 1 aliphatic rings. The van der Waals surface area contributed by atoms with Crippen molar-refractivity contribution in [2.24, 2.45) is 0 Å². The van der Waals surface area contributed by atoms with Crippen LogP contribution in [-0.4, -0.2) is 43.8 Å². The standard InChI is InChI=1S/C21H22N6O/c1-15-4-5-19(24-13-15)26-21-23-11-8-18(25-21)17-3-2-12-27(14-17)20(28)16-6-9-22-10-7-16/h4-11,13,17H,2-3,12,14H2,1H3,(H,23,24,25,26). The molecule has 1 fully saturated rings. The first-order valence-corrected chi connectivity index (χ1v) is 9.41. The van der Waals surface area contributed by atoms with E-state index in [0.717, 1.165) is 30.6 Å². The molecule has 1 amide bonds. The molecule has 7 heteroatoms. The highest BCUT2D eigenvalue weighted by atomic mass is 16.2. The molecule has 7 nitrogen and oxygen atoms in total. The van der Waals surface area contributed by atoms with E-state index in [0.29, 0.717) is 23.9 Å². The van der Waals surface area contributed by atoms with Gasteiger partial charge in [-0.05, 0) is 49.6 Å². The Morgan fingerprint density at radius 2 is 1.96 bits per heavy atom. The quantitative estimate of drug-likeness (QED) is 0.754. The van der Waals surface area contributed by atoms with Crippen LogP contribution in [0.3, 0.4) is 0 Å². The van der Waals surface area contributed by atoms with Crippen molar-refractivity contribution < 1.29 is 4.79 Å². The van der Waals surface area contributed by atoms with Crippen LogP contribution in [0.5, 0.6) is 0 Å². The predicted octanol–water partition coefficient (Wildman–Crippen LogP) is 3.34. The number of aryl methyl sites for hydroxylation is 1. The van der Waals surface area contributed by atoms with Crippen molar-refractivity contribution >= 4 is 17.7 Å². The highest BCUT2D eigenvalue weighted by Crippen LogP contribution is 2.27. The Hall–Kier alpha value is -3.35. The molecule has 0 saturated carbocycles. The Balaban J connectivity index is 1.47. The second kappa shape index (κ2) is 8.12. The summed E-state index contributed by atoms with van der Waals surface area (Å²) in [5.74, 6) is 1.46. The molecule has 4 rings (SSSR count). The lowest BCUT2D eigenvalue weighted by molar-refractivity contribution is 0.0706. The van der Waals surface area contributed by atoms with Gasteiger partial charge in [0.05, 0.1) is 5.69 Å². The minimum absolute atomic E-state index is 0.0448. The highest BCUT2D eigenvalue weighted by Gasteiger charge is 2.26. The predicted molar refractivity (Wildman–Crippen MR) is 106 cm³/mol. The molecular weight excluding hydrogens is 352 g/mol. The molecule has 0 radical (unpaired) electrons. The zero-order valence-corrected chi connectivity index (χ0v) is 15.7. The van der Waals surface area contributed by atoms with Crippen LogP contribution in [0.1, 0.15) is 40.4 Å². The number of rotatable bonds is 4. The summed E-state index contributed by atoms with van der Waals surface area (Å²) in [7, 11) is 0. The van der Waals surface area contributed by atoms with Gasteiger partial charge in [0, 0.05) is 49.4 Å². The summed E-state index contributed by atoms with van der Waals surface area (Å²) in [5.41, 5.74) is 2.71. The van der Waals surface area contributed by atoms with Gasteiger partial charge in [0.15, 0.2) is 0 Å². The van der Waals surface area contributed by atoms with Gasteiger partial charge in [-0.2, -0.15) is 0 Å². The first-order chi connectivity index (χ1) is 13.7. The molecule has 3 aromatic rings. The number of carbonyl (C=O) groups is 1. The third kappa shape index (κ3) is 4.14. The number of anilines is 2. The third-order valence-corrected chi connectivity index (χ3v) is 4.88. The first-order valence-electron chi connectivity index (χ1n) is 9.41. The molecule has 142 valence electrons. The Morgan fingerprint density at radius 3 is 2.75 bits per heavy atom. The van der Waals surface area contributed by atoms with E-state index in [9.17, 15) is 4.79 Å². The lowest BCUT2D eigenvalue weighted by atomic mass is 9.94. The molecule has 4 heterocycles. The molecule has 0 bridgehead atoms. The number of carbonyl (C=O) groups excluding carboxylic acids is 1. The van der Waals surface area contributed by atoms with Crippen LogP contribution in [-0.2, 0) is 0 Å². The Kier molecular flexibility index (Phi) is 5.23. The highest BCUT2D eigenvalue weighted by molar-refractivity contribution is 5.94. The van der Waals surface area contributed by atoms with Crippen LogP contribution >= 0.6 is 0 Å². The smallest absolute Gasteiger partial charge is 0.253 e. The van der Waals surface area contributed by atoms with E-state index < -0.39 is 0 Å². The van der Waals surface area contributed by atoms with Gasteiger partial charge in [0.25, 0.3) is 5.91 Å². The van der Waals surface area contributed by atoms with Gasteiger partial charge in [-0.1, -0.05) is 6.07 Å². The molecule has 1 atom stereocenters. The summed E-state index contributed by atoms with van der Waals surface area (Å²) in [6.45, 7) is 3.41. The van der Waals surface area contributed by atoms with Gasteiger partial charge in [-0.15, -0.1) is 0 Å². The lowest BCUT2D eigenvalue weighted by Crippen LogP contribution is -2.39. The SMILES string of the molecule is Cc1ccc(Nc2nccc(C3CCCN(C(=O)c4ccncc4)C3)n2)nc1. The van der Waals surface area contributed by atoms with E-state index in [1.54, 1.807) is 36.9 Å². The summed E-state index contributed by atoms with van der Waals surface area (Å²) in [6.07, 6.45) is 8.80. The van der Waals surface area contributed by atoms with Gasteiger partial charge < -0.3 is 10.2 Å². The van der Waals surface area contributed by atoms with Gasteiger partial charge >= 0.3 is 0 Å². The fourth-order valence-electron chi connectivity index (χ4n) is 3.40. The zero-order chi connectivity index (χ0) is 19.3. The van der Waals surface area contributed by atoms with E-state index >= 15 is 0 Å². The van der Waals surface area contributed by atoms with E-state index in [2.05, 4.69) is 25.3 Å². The number of nitrogens with zero attached hydrogens (tertiary/aromatic N) is 5. The number of amides is 1. The topological polar surface area (TPSA) is 83.9 Å². The molecular formula is C21H22N6O. The molecule has 0 aromatic carbocycles. The van der Waals surface area contributed by atoms with Crippen molar-refractivity contribution in [1.82, 2.24) is 24.8 Å². The second-order valence-corrected chi connectivity index (χ2v) is 6.98. The summed E-state index contributed by atoms with van der Waals surface area (Å²) < 4.78 is 0. The van der Waals surface area contributed by atoms with Crippen LogP contribution in [0.15, 0.2) is 55.1 Å². The lowest BCUT2D eigenvalue weighted by Gasteiger charge is -2.32. The fourth-order valence-corrected chi connectivity index (χ4v) is 3.40. The second-order valence-electron chi connectivity index (χ2n) is 6.98. The number of hydrogen-bond donors (Lipinski definition) is 1. The number of likely N-dealkylation sites (tertiary alicyclic amines) is 1. The van der Waals surface area contributed by atoms with Crippen molar-refractivity contribution in [1.29, 1.82) is 0 Å². The van der Waals surface area contributed by atoms with Gasteiger partial charge in [-0.25, -0.2) is 15.0 Å². The fraction of sp³-hybridized carbons (Fsp3) is 0.286. The molecule has 1 N–H and O–H groups in total. The summed E-state index contributed by atoms with van der Waals surface area (Å²) in [6, 6.07) is 9.34. The number of piperidine rings is 1. The summed E-state index contributed by atoms with van der Waals surface area (Å²) in [4.78, 5) is 32.0. The maximum absolute atomic E-state index is 12.8. The molecule has 3 aromatic heterocycles. The van der Waals surface area contributed by atoms with Crippen molar-refractivity contribution in [2.45, 2.75) is 25.7 Å². The van der Waals surface area contributed by atoms with Gasteiger partial charge in [0.1, 0.15) is 5.82 Å². The average molecular weight is 374 g/mol. The first kappa shape index (κ1) is 18.0. The third-order valence-electron chi connectivity index (χ3n) is 4.88. The van der Waals surface area contributed by atoms with Crippen LogP contribution in [0, 0.1) is 6.92 Å². The Morgan fingerprint density at radius 1 is 1.11 bits per heavy atom. The van der Waals surface area contributed by atoms with Crippen molar-refractivity contribution in [2.75, 3.05) is 18.4 Å². The Bertz CT molecular complexity index is 945. The monoisotopic (exact) mass is 374 g/mol. The number of nitrogens with one attached hydrogen (secondary N) is 1. The normalized spacial score (nSPS) is 16.6. The maximum Gasteiger partial charge on any atom is 0.253 e. The molecule has 28 heavy (non-hydrogen) atoms. The maximum atomic E-state index is 12.8. The van der Waals surface area contributed by atoms with Crippen LogP contribution < -0.4 is 5.32 Å². The van der Waals surface area contributed by atoms with E-state index in [-0.39, 0.29) is 11.8 Å². The number of aromatic nitrogens is 4. The van der Waals surface area contributed by atoms with Crippen molar-refractivity contribution in [3.63, 3.8) is 0 Å². The molecule has 0 spiro atoms. The summed E-state index contributed by atoms with van der Waals surface area (Å²) >= 11 is 0. The summed E-state index contributed by atoms with van der Waals surface area (Å²) in [5, 5.41) is 3.15. The zero-order valence-electron chi connectivity index (χ0n) is 15.7. The van der Waals surface area contributed by atoms with E-state index in [4.69, 9.17) is 0 Å². The minimum Gasteiger partial charge on any atom is -0.338 e. The van der Waals surface area contributed by atoms with E-state index in [1.807, 2.05) is 30.0 Å². The van der Waals surface area contributed by atoms with Crippen molar-refractivity contribution in [3.05, 3.63) is 71.9 Å². The van der Waals surface area contributed by atoms with E-state index in [1.165, 1.54) is 0 Å². The number of hydrogen-bond acceptors (Lipinski definition) is 6. The minimum atomic E-state index is 0.0448. The Labute approximate surface area is 163 Å². The van der Waals surface area contributed by atoms with Crippen LogP contribution in [0.4, 0.5) is 11.8 Å². The van der Waals surface area contributed by atoms with Gasteiger partial charge in [0.2, 0.25) is 5.95 Å². The number of pyridine rings is 2. The molecule has 1 aliphatic heterocycles. The molecule has 1 saturated heterocycles.